The Hall–Kier alpha value is -3.08. The molecule has 5 nitrogen and oxygen atoms in total. The zero-order valence-electron chi connectivity index (χ0n) is 15.2. The van der Waals surface area contributed by atoms with E-state index in [0.717, 1.165) is 17.5 Å². The van der Waals surface area contributed by atoms with E-state index in [0.29, 0.717) is 23.1 Å². The van der Waals surface area contributed by atoms with E-state index < -0.39 is 11.5 Å². The summed E-state index contributed by atoms with van der Waals surface area (Å²) in [5, 5.41) is 13.9. The number of aryl methyl sites for hydroxylation is 3. The van der Waals surface area contributed by atoms with E-state index in [-0.39, 0.29) is 11.3 Å². The Balaban J connectivity index is 2.16. The monoisotopic (exact) mass is 350 g/mol. The van der Waals surface area contributed by atoms with Crippen LogP contribution in [0.2, 0.25) is 0 Å². The molecule has 0 aliphatic rings. The summed E-state index contributed by atoms with van der Waals surface area (Å²) in [7, 11) is 0. The lowest BCUT2D eigenvalue weighted by Crippen LogP contribution is -2.30. The highest BCUT2D eigenvalue weighted by molar-refractivity contribution is 6.09. The first-order valence-corrected chi connectivity index (χ1v) is 8.67. The highest BCUT2D eigenvalue weighted by atomic mass is 16.3. The molecule has 3 rings (SSSR count). The minimum Gasteiger partial charge on any atom is -0.506 e. The maximum absolute atomic E-state index is 12.9. The van der Waals surface area contributed by atoms with Gasteiger partial charge in [-0.1, -0.05) is 31.2 Å². The van der Waals surface area contributed by atoms with Crippen molar-refractivity contribution in [2.75, 3.05) is 5.32 Å². The number of rotatable bonds is 4. The summed E-state index contributed by atoms with van der Waals surface area (Å²) in [5.41, 5.74) is 2.43. The number of aromatic nitrogens is 1. The minimum atomic E-state index is -0.600. The zero-order chi connectivity index (χ0) is 18.8. The molecule has 5 heteroatoms. The summed E-state index contributed by atoms with van der Waals surface area (Å²) >= 11 is 0. The van der Waals surface area contributed by atoms with E-state index in [4.69, 9.17) is 0 Å². The average molecular weight is 350 g/mol. The van der Waals surface area contributed by atoms with E-state index in [2.05, 4.69) is 5.32 Å². The Kier molecular flexibility index (Phi) is 4.80. The number of hydrogen-bond acceptors (Lipinski definition) is 3. The SMILES string of the molecule is CCCn1c(=O)c(C(=O)Nc2cc(C)ccc2C)c(O)c2ccccc21. The van der Waals surface area contributed by atoms with Gasteiger partial charge in [-0.15, -0.1) is 0 Å². The molecule has 0 radical (unpaired) electrons. The van der Waals surface area contributed by atoms with E-state index in [1.54, 1.807) is 22.8 Å². The first-order chi connectivity index (χ1) is 12.4. The molecule has 134 valence electrons. The number of hydrogen-bond donors (Lipinski definition) is 2. The molecule has 2 N–H and O–H groups in total. The number of amides is 1. The van der Waals surface area contributed by atoms with Crippen molar-refractivity contribution in [2.45, 2.75) is 33.7 Å². The summed E-state index contributed by atoms with van der Waals surface area (Å²) in [6.07, 6.45) is 0.743. The van der Waals surface area contributed by atoms with E-state index in [1.807, 2.05) is 45.0 Å². The van der Waals surface area contributed by atoms with Crippen molar-refractivity contribution in [3.63, 3.8) is 0 Å². The van der Waals surface area contributed by atoms with Crippen molar-refractivity contribution < 1.29 is 9.90 Å². The first-order valence-electron chi connectivity index (χ1n) is 8.67. The molecule has 26 heavy (non-hydrogen) atoms. The molecule has 0 aliphatic heterocycles. The Morgan fingerprint density at radius 3 is 2.62 bits per heavy atom. The Morgan fingerprint density at radius 2 is 1.88 bits per heavy atom. The molecular weight excluding hydrogens is 328 g/mol. The molecule has 1 aromatic heterocycles. The van der Waals surface area contributed by atoms with Gasteiger partial charge >= 0.3 is 0 Å². The van der Waals surface area contributed by atoms with Crippen molar-refractivity contribution in [2.24, 2.45) is 0 Å². The van der Waals surface area contributed by atoms with Crippen LogP contribution in [0.5, 0.6) is 5.75 Å². The number of para-hydroxylation sites is 1. The molecule has 0 bridgehead atoms. The van der Waals surface area contributed by atoms with Crippen LogP contribution in [0.3, 0.4) is 0 Å². The molecule has 0 saturated heterocycles. The summed E-state index contributed by atoms with van der Waals surface area (Å²) in [4.78, 5) is 25.8. The van der Waals surface area contributed by atoms with Gasteiger partial charge in [0.05, 0.1) is 5.52 Å². The first kappa shape index (κ1) is 17.7. The number of nitrogens with zero attached hydrogens (tertiary/aromatic N) is 1. The number of pyridine rings is 1. The van der Waals surface area contributed by atoms with E-state index in [9.17, 15) is 14.7 Å². The fourth-order valence-electron chi connectivity index (χ4n) is 3.10. The Bertz CT molecular complexity index is 1050. The van der Waals surface area contributed by atoms with Crippen LogP contribution >= 0.6 is 0 Å². The van der Waals surface area contributed by atoms with Gasteiger partial charge in [-0.05, 0) is 49.6 Å². The van der Waals surface area contributed by atoms with Gasteiger partial charge in [0.1, 0.15) is 11.3 Å². The van der Waals surface area contributed by atoms with Crippen LogP contribution in [-0.4, -0.2) is 15.6 Å². The van der Waals surface area contributed by atoms with Gasteiger partial charge in [0.2, 0.25) is 0 Å². The highest BCUT2D eigenvalue weighted by Gasteiger charge is 2.22. The number of nitrogens with one attached hydrogen (secondary N) is 1. The van der Waals surface area contributed by atoms with Crippen molar-refractivity contribution in [3.8, 4) is 5.75 Å². The maximum atomic E-state index is 12.9. The number of carbonyl (C=O) groups is 1. The minimum absolute atomic E-state index is 0.224. The molecule has 0 spiro atoms. The van der Waals surface area contributed by atoms with Crippen molar-refractivity contribution in [3.05, 3.63) is 69.5 Å². The molecule has 0 unspecified atom stereocenters. The standard InChI is InChI=1S/C21H22N2O3/c1-4-11-23-17-8-6-5-7-15(17)19(24)18(21(23)26)20(25)22-16-12-13(2)9-10-14(16)3/h5-10,12,24H,4,11H2,1-3H3,(H,22,25). The molecule has 3 aromatic rings. The smallest absolute Gasteiger partial charge is 0.267 e. The van der Waals surface area contributed by atoms with Gasteiger partial charge in [-0.2, -0.15) is 0 Å². The molecule has 2 aromatic carbocycles. The van der Waals surface area contributed by atoms with Crippen LogP contribution in [-0.2, 0) is 6.54 Å². The third-order valence-corrected chi connectivity index (χ3v) is 4.46. The average Bonchev–Trinajstić information content (AvgIpc) is 2.62. The summed E-state index contributed by atoms with van der Waals surface area (Å²) < 4.78 is 1.55. The topological polar surface area (TPSA) is 71.3 Å². The Morgan fingerprint density at radius 1 is 1.15 bits per heavy atom. The predicted octanol–water partition coefficient (Wildman–Crippen LogP) is 3.99. The van der Waals surface area contributed by atoms with Crippen molar-refractivity contribution >= 4 is 22.5 Å². The van der Waals surface area contributed by atoms with Gasteiger partial charge in [-0.25, -0.2) is 0 Å². The highest BCUT2D eigenvalue weighted by Crippen LogP contribution is 2.27. The van der Waals surface area contributed by atoms with Crippen LogP contribution in [0.25, 0.3) is 10.9 Å². The van der Waals surface area contributed by atoms with Gasteiger partial charge in [0.25, 0.3) is 11.5 Å². The lowest BCUT2D eigenvalue weighted by Gasteiger charge is -2.15. The fraction of sp³-hybridized carbons (Fsp3) is 0.238. The summed E-state index contributed by atoms with van der Waals surface area (Å²) in [6, 6.07) is 12.8. The zero-order valence-corrected chi connectivity index (χ0v) is 15.2. The summed E-state index contributed by atoms with van der Waals surface area (Å²) in [5.74, 6) is -0.877. The summed E-state index contributed by atoms with van der Waals surface area (Å²) in [6.45, 7) is 6.24. The Labute approximate surface area is 151 Å². The molecule has 0 atom stereocenters. The van der Waals surface area contributed by atoms with Crippen LogP contribution in [0.1, 0.15) is 34.8 Å². The number of aromatic hydroxyl groups is 1. The lowest BCUT2D eigenvalue weighted by molar-refractivity contribution is 0.102. The van der Waals surface area contributed by atoms with Gasteiger partial charge in [-0.3, -0.25) is 9.59 Å². The maximum Gasteiger partial charge on any atom is 0.267 e. The number of benzene rings is 2. The van der Waals surface area contributed by atoms with Crippen LogP contribution in [0, 0.1) is 13.8 Å². The molecule has 0 fully saturated rings. The third kappa shape index (κ3) is 3.08. The normalized spacial score (nSPS) is 10.9. The molecule has 1 heterocycles. The van der Waals surface area contributed by atoms with Gasteiger partial charge < -0.3 is 15.0 Å². The second-order valence-electron chi connectivity index (χ2n) is 6.47. The van der Waals surface area contributed by atoms with Crippen molar-refractivity contribution in [1.29, 1.82) is 0 Å². The van der Waals surface area contributed by atoms with Crippen LogP contribution in [0.4, 0.5) is 5.69 Å². The van der Waals surface area contributed by atoms with Crippen LogP contribution < -0.4 is 10.9 Å². The molecule has 0 saturated carbocycles. The number of anilines is 1. The number of fused-ring (bicyclic) bond motifs is 1. The second-order valence-corrected chi connectivity index (χ2v) is 6.47. The quantitative estimate of drug-likeness (QED) is 0.747. The van der Waals surface area contributed by atoms with Crippen LogP contribution in [0.15, 0.2) is 47.3 Å². The predicted molar refractivity (Wildman–Crippen MR) is 104 cm³/mol. The molecular formula is C21H22N2O3. The lowest BCUT2D eigenvalue weighted by atomic mass is 10.1. The largest absolute Gasteiger partial charge is 0.506 e. The van der Waals surface area contributed by atoms with Gasteiger partial charge in [0, 0.05) is 17.6 Å². The fourth-order valence-corrected chi connectivity index (χ4v) is 3.10. The number of carbonyl (C=O) groups excluding carboxylic acids is 1. The van der Waals surface area contributed by atoms with E-state index >= 15 is 0 Å². The van der Waals surface area contributed by atoms with Crippen molar-refractivity contribution in [1.82, 2.24) is 4.57 Å². The molecule has 0 aliphatic carbocycles. The molecule has 1 amide bonds. The van der Waals surface area contributed by atoms with E-state index in [1.165, 1.54) is 0 Å². The van der Waals surface area contributed by atoms with Gasteiger partial charge in [0.15, 0.2) is 0 Å². The second kappa shape index (κ2) is 7.04. The third-order valence-electron chi connectivity index (χ3n) is 4.46.